The zero-order valence-electron chi connectivity index (χ0n) is 8.79. The molecule has 2 rings (SSSR count). The summed E-state index contributed by atoms with van der Waals surface area (Å²) in [5, 5.41) is 0.668. The Hall–Kier alpha value is -0.690. The Morgan fingerprint density at radius 2 is 2.00 bits per heavy atom. The van der Waals surface area contributed by atoms with Crippen LogP contribution in [0.4, 0.5) is 0 Å². The maximum Gasteiger partial charge on any atom is 0.0375 e. The van der Waals surface area contributed by atoms with E-state index in [0.29, 0.717) is 5.25 Å². The summed E-state index contributed by atoms with van der Waals surface area (Å²) in [6.45, 7) is 4.40. The largest absolute Gasteiger partial charge is 0.123 e. The van der Waals surface area contributed by atoms with Crippen LogP contribution in [0.25, 0.3) is 0 Å². The van der Waals surface area contributed by atoms with Crippen LogP contribution in [0.2, 0.25) is 0 Å². The fraction of sp³-hybridized carbons (Fsp3) is 0.385. The quantitative estimate of drug-likeness (QED) is 0.691. The minimum atomic E-state index is 0.668. The number of aryl methyl sites for hydroxylation is 1. The summed E-state index contributed by atoms with van der Waals surface area (Å²) in [6, 6.07) is 9.07. The van der Waals surface area contributed by atoms with Crippen LogP contribution in [0.5, 0.6) is 0 Å². The zero-order chi connectivity index (χ0) is 9.97. The van der Waals surface area contributed by atoms with Crippen LogP contribution >= 0.6 is 11.8 Å². The normalized spacial score (nSPS) is 21.0. The van der Waals surface area contributed by atoms with Crippen LogP contribution in [-0.4, -0.2) is 0 Å². The molecule has 0 nitrogen and oxygen atoms in total. The van der Waals surface area contributed by atoms with Crippen molar-refractivity contribution in [3.05, 3.63) is 46.4 Å². The summed E-state index contributed by atoms with van der Waals surface area (Å²) in [5.74, 6) is 0. The molecule has 0 spiro atoms. The molecule has 1 aromatic rings. The van der Waals surface area contributed by atoms with Gasteiger partial charge in [0.25, 0.3) is 0 Å². The summed E-state index contributed by atoms with van der Waals surface area (Å²) in [7, 11) is 0. The molecule has 0 saturated heterocycles. The Morgan fingerprint density at radius 3 is 2.50 bits per heavy atom. The van der Waals surface area contributed by atoms with Gasteiger partial charge in [-0.1, -0.05) is 37.3 Å². The van der Waals surface area contributed by atoms with E-state index in [-0.39, 0.29) is 0 Å². The highest BCUT2D eigenvalue weighted by Gasteiger charge is 2.16. The van der Waals surface area contributed by atoms with Crippen LogP contribution in [0.3, 0.4) is 0 Å². The van der Waals surface area contributed by atoms with E-state index in [4.69, 9.17) is 0 Å². The molecule has 0 saturated carbocycles. The van der Waals surface area contributed by atoms with Gasteiger partial charge in [-0.3, -0.25) is 0 Å². The Bertz CT molecular complexity index is 335. The molecule has 74 valence electrons. The first-order valence-corrected chi connectivity index (χ1v) is 6.10. The molecule has 14 heavy (non-hydrogen) atoms. The lowest BCUT2D eigenvalue weighted by Crippen LogP contribution is -1.89. The number of hydrogen-bond acceptors (Lipinski definition) is 1. The van der Waals surface area contributed by atoms with Gasteiger partial charge in [0.2, 0.25) is 0 Å². The molecule has 0 radical (unpaired) electrons. The number of benzene rings is 1. The molecule has 1 unspecified atom stereocenters. The molecule has 1 aromatic carbocycles. The Balaban J connectivity index is 2.11. The van der Waals surface area contributed by atoms with Gasteiger partial charge in [0.1, 0.15) is 0 Å². The molecular weight excluding hydrogens is 188 g/mol. The average Bonchev–Trinajstić information content (AvgIpc) is 2.65. The molecular formula is C13H16S. The van der Waals surface area contributed by atoms with Crippen molar-refractivity contribution < 1.29 is 0 Å². The zero-order valence-corrected chi connectivity index (χ0v) is 9.60. The maximum absolute atomic E-state index is 2.34. The molecule has 1 heterocycles. The third kappa shape index (κ3) is 2.03. The molecule has 0 fully saturated rings. The topological polar surface area (TPSA) is 0 Å². The second-order valence-corrected chi connectivity index (χ2v) is 5.20. The van der Waals surface area contributed by atoms with Crippen molar-refractivity contribution in [3.8, 4) is 0 Å². The molecule has 0 bridgehead atoms. The van der Waals surface area contributed by atoms with Gasteiger partial charge in [-0.25, -0.2) is 0 Å². The number of rotatable bonds is 2. The summed E-state index contributed by atoms with van der Waals surface area (Å²) in [5.41, 5.74) is 2.90. The Morgan fingerprint density at radius 1 is 1.29 bits per heavy atom. The van der Waals surface area contributed by atoms with Gasteiger partial charge in [-0.2, -0.15) is 0 Å². The monoisotopic (exact) mass is 204 g/mol. The van der Waals surface area contributed by atoms with Crippen molar-refractivity contribution in [1.82, 2.24) is 0 Å². The lowest BCUT2D eigenvalue weighted by Gasteiger charge is -2.09. The van der Waals surface area contributed by atoms with Crippen molar-refractivity contribution in [2.75, 3.05) is 0 Å². The second kappa shape index (κ2) is 4.22. The highest BCUT2D eigenvalue weighted by Crippen LogP contribution is 2.43. The molecule has 0 aromatic heterocycles. The van der Waals surface area contributed by atoms with E-state index in [9.17, 15) is 0 Å². The molecule has 1 atom stereocenters. The van der Waals surface area contributed by atoms with Gasteiger partial charge >= 0.3 is 0 Å². The fourth-order valence-corrected chi connectivity index (χ4v) is 2.89. The van der Waals surface area contributed by atoms with Crippen molar-refractivity contribution in [2.24, 2.45) is 0 Å². The number of thioether (sulfide) groups is 1. The summed E-state index contributed by atoms with van der Waals surface area (Å²) in [6.07, 6.45) is 4.67. The molecule has 1 aliphatic heterocycles. The van der Waals surface area contributed by atoms with Gasteiger partial charge in [0.15, 0.2) is 0 Å². The minimum Gasteiger partial charge on any atom is -0.123 e. The third-order valence-corrected chi connectivity index (χ3v) is 3.99. The third-order valence-electron chi connectivity index (χ3n) is 2.71. The number of hydrogen-bond donors (Lipinski definition) is 0. The van der Waals surface area contributed by atoms with Crippen LogP contribution in [0.15, 0.2) is 35.2 Å². The van der Waals surface area contributed by atoms with E-state index in [1.54, 1.807) is 0 Å². The van der Waals surface area contributed by atoms with Crippen molar-refractivity contribution >= 4 is 11.8 Å². The van der Waals surface area contributed by atoms with Gasteiger partial charge in [-0.15, -0.1) is 11.8 Å². The highest BCUT2D eigenvalue weighted by atomic mass is 32.2. The molecule has 0 amide bonds. The Labute approximate surface area is 90.4 Å². The van der Waals surface area contributed by atoms with Crippen molar-refractivity contribution in [3.63, 3.8) is 0 Å². The first-order chi connectivity index (χ1) is 6.79. The minimum absolute atomic E-state index is 0.668. The summed E-state index contributed by atoms with van der Waals surface area (Å²) < 4.78 is 0. The SMILES string of the molecule is CCc1ccc(C2CC=C(C)S2)cc1. The van der Waals surface area contributed by atoms with Crippen LogP contribution in [-0.2, 0) is 6.42 Å². The lowest BCUT2D eigenvalue weighted by atomic mass is 10.1. The van der Waals surface area contributed by atoms with E-state index >= 15 is 0 Å². The first kappa shape index (κ1) is 9.85. The van der Waals surface area contributed by atoms with Crippen molar-refractivity contribution in [2.45, 2.75) is 31.9 Å². The van der Waals surface area contributed by atoms with Gasteiger partial charge < -0.3 is 0 Å². The van der Waals surface area contributed by atoms with Crippen molar-refractivity contribution in [1.29, 1.82) is 0 Å². The predicted molar refractivity (Wildman–Crippen MR) is 64.5 cm³/mol. The standard InChI is InChI=1S/C13H16S/c1-3-11-5-7-12(8-6-11)13-9-4-10(2)14-13/h4-8,13H,3,9H2,1-2H3. The van der Waals surface area contributed by atoms with Crippen LogP contribution in [0.1, 0.15) is 36.6 Å². The van der Waals surface area contributed by atoms with E-state index < -0.39 is 0 Å². The van der Waals surface area contributed by atoms with E-state index in [2.05, 4.69) is 44.2 Å². The van der Waals surface area contributed by atoms with Gasteiger partial charge in [-0.05, 0) is 35.8 Å². The average molecular weight is 204 g/mol. The molecule has 1 aliphatic rings. The highest BCUT2D eigenvalue weighted by molar-refractivity contribution is 8.03. The van der Waals surface area contributed by atoms with E-state index in [0.717, 1.165) is 6.42 Å². The van der Waals surface area contributed by atoms with Gasteiger partial charge in [0, 0.05) is 5.25 Å². The summed E-state index contributed by atoms with van der Waals surface area (Å²) in [4.78, 5) is 1.47. The van der Waals surface area contributed by atoms with Gasteiger partial charge in [0.05, 0.1) is 0 Å². The predicted octanol–water partition coefficient (Wildman–Crippen LogP) is 4.33. The van der Waals surface area contributed by atoms with E-state index in [1.807, 2.05) is 11.8 Å². The smallest absolute Gasteiger partial charge is 0.0375 e. The molecule has 0 N–H and O–H groups in total. The summed E-state index contributed by atoms with van der Waals surface area (Å²) >= 11 is 1.99. The second-order valence-electron chi connectivity index (χ2n) is 3.75. The lowest BCUT2D eigenvalue weighted by molar-refractivity contribution is 0.985. The fourth-order valence-electron chi connectivity index (χ4n) is 1.77. The Kier molecular flexibility index (Phi) is 2.97. The molecule has 1 heteroatoms. The van der Waals surface area contributed by atoms with E-state index in [1.165, 1.54) is 22.5 Å². The van der Waals surface area contributed by atoms with Crippen LogP contribution in [0, 0.1) is 0 Å². The number of allylic oxidation sites excluding steroid dienone is 2. The van der Waals surface area contributed by atoms with Crippen LogP contribution < -0.4 is 0 Å². The first-order valence-electron chi connectivity index (χ1n) is 5.22. The maximum atomic E-state index is 2.34. The molecule has 0 aliphatic carbocycles.